The number of rotatable bonds is 3. The van der Waals surface area contributed by atoms with Gasteiger partial charge in [-0.25, -0.2) is 19.3 Å². The molecule has 1 saturated carbocycles. The Morgan fingerprint density at radius 3 is 3.00 bits per heavy atom. The number of nitrogens with zero attached hydrogens (tertiary/aromatic N) is 3. The molecule has 142 valence electrons. The number of anilines is 1. The van der Waals surface area contributed by atoms with Gasteiger partial charge in [0.15, 0.2) is 17.5 Å². The van der Waals surface area contributed by atoms with Gasteiger partial charge in [-0.05, 0) is 25.3 Å². The van der Waals surface area contributed by atoms with Gasteiger partial charge in [-0.2, -0.15) is 0 Å². The van der Waals surface area contributed by atoms with Gasteiger partial charge in [-0.1, -0.05) is 11.6 Å². The molecular weight excluding hydrogens is 375 g/mol. The van der Waals surface area contributed by atoms with Crippen LogP contribution in [0.2, 0.25) is 5.02 Å². The van der Waals surface area contributed by atoms with Crippen LogP contribution in [-0.2, 0) is 0 Å². The average molecular weight is 393 g/mol. The van der Waals surface area contributed by atoms with E-state index in [0.29, 0.717) is 34.5 Å². The molecule has 0 bridgehead atoms. The molecular formula is C17H18ClFN6O2. The van der Waals surface area contributed by atoms with E-state index in [0.717, 1.165) is 6.20 Å². The molecule has 0 aliphatic heterocycles. The number of H-pyrrole nitrogens is 1. The second-order valence-corrected chi connectivity index (χ2v) is 7.16. The van der Waals surface area contributed by atoms with Crippen molar-refractivity contribution in [1.29, 1.82) is 0 Å². The van der Waals surface area contributed by atoms with Gasteiger partial charge in [0, 0.05) is 23.3 Å². The Balaban J connectivity index is 1.68. The molecule has 0 radical (unpaired) electrons. The third kappa shape index (κ3) is 3.34. The summed E-state index contributed by atoms with van der Waals surface area (Å²) in [4.78, 5) is 15.5. The quantitative estimate of drug-likeness (QED) is 0.429. The number of nitrogens with two attached hydrogens (primary N) is 1. The summed E-state index contributed by atoms with van der Waals surface area (Å²) in [5.41, 5.74) is 5.20. The van der Waals surface area contributed by atoms with Crippen LogP contribution in [0.1, 0.15) is 19.3 Å². The van der Waals surface area contributed by atoms with Crippen molar-refractivity contribution >= 4 is 28.5 Å². The predicted molar refractivity (Wildman–Crippen MR) is 98.5 cm³/mol. The van der Waals surface area contributed by atoms with Crippen molar-refractivity contribution in [3.05, 3.63) is 35.5 Å². The van der Waals surface area contributed by atoms with Gasteiger partial charge in [0.05, 0.1) is 17.3 Å². The predicted octanol–water partition coefficient (Wildman–Crippen LogP) is 1.78. The number of nitrogens with one attached hydrogen (secondary N) is 2. The van der Waals surface area contributed by atoms with Crippen molar-refractivity contribution in [2.24, 2.45) is 5.73 Å². The number of halogens is 2. The van der Waals surface area contributed by atoms with Crippen LogP contribution in [0.15, 0.2) is 24.7 Å². The van der Waals surface area contributed by atoms with Crippen LogP contribution in [0.5, 0.6) is 0 Å². The summed E-state index contributed by atoms with van der Waals surface area (Å²) in [6, 6.07) is 1.08. The molecule has 0 spiro atoms. The maximum Gasteiger partial charge on any atom is 0.183 e. The minimum absolute atomic E-state index is 0.0777. The molecule has 27 heavy (non-hydrogen) atoms. The first-order chi connectivity index (χ1) is 12.8. The van der Waals surface area contributed by atoms with Crippen molar-refractivity contribution in [3.63, 3.8) is 0 Å². The first kappa shape index (κ1) is 18.1. The molecule has 0 saturated heterocycles. The highest BCUT2D eigenvalue weighted by Crippen LogP contribution is 2.30. The first-order valence-electron chi connectivity index (χ1n) is 8.46. The first-order valence-corrected chi connectivity index (χ1v) is 8.84. The van der Waals surface area contributed by atoms with Crippen molar-refractivity contribution in [2.45, 2.75) is 37.1 Å². The Labute approximate surface area is 158 Å². The third-order valence-electron chi connectivity index (χ3n) is 4.79. The highest BCUT2D eigenvalue weighted by atomic mass is 35.5. The summed E-state index contributed by atoms with van der Waals surface area (Å²) < 4.78 is 14.3. The Bertz CT molecular complexity index is 995. The molecule has 1 aliphatic carbocycles. The van der Waals surface area contributed by atoms with Gasteiger partial charge in [-0.3, -0.25) is 0 Å². The Kier molecular flexibility index (Phi) is 4.47. The minimum Gasteiger partial charge on any atom is -0.387 e. The Morgan fingerprint density at radius 1 is 1.37 bits per heavy atom. The monoisotopic (exact) mass is 392 g/mol. The van der Waals surface area contributed by atoms with Crippen LogP contribution in [0, 0.1) is 5.82 Å². The van der Waals surface area contributed by atoms with Crippen LogP contribution in [0.3, 0.4) is 0 Å². The number of aliphatic hydroxyl groups excluding tert-OH is 1. The van der Waals surface area contributed by atoms with E-state index in [9.17, 15) is 14.6 Å². The van der Waals surface area contributed by atoms with Gasteiger partial charge in [0.2, 0.25) is 0 Å². The summed E-state index contributed by atoms with van der Waals surface area (Å²) in [6.07, 6.45) is 4.36. The number of aliphatic hydroxyl groups is 2. The zero-order chi connectivity index (χ0) is 19.2. The second-order valence-electron chi connectivity index (χ2n) is 6.72. The molecule has 8 nitrogen and oxygen atoms in total. The average Bonchev–Trinajstić information content (AvgIpc) is 3.04. The topological polar surface area (TPSA) is 133 Å². The van der Waals surface area contributed by atoms with Crippen molar-refractivity contribution in [3.8, 4) is 11.4 Å². The SMILES string of the molecule is N[C@@]1(O)CCC[C@H](Nc2nc(-c3c[nH]c4ncc(Cl)cc34)ncc2F)[C@H]1O. The van der Waals surface area contributed by atoms with E-state index in [1.165, 1.54) is 6.20 Å². The van der Waals surface area contributed by atoms with E-state index in [-0.39, 0.29) is 18.1 Å². The molecule has 1 fully saturated rings. The zero-order valence-electron chi connectivity index (χ0n) is 14.2. The smallest absolute Gasteiger partial charge is 0.183 e. The van der Waals surface area contributed by atoms with E-state index in [4.69, 9.17) is 17.3 Å². The molecule has 3 aromatic rings. The normalized spacial score (nSPS) is 25.7. The van der Waals surface area contributed by atoms with E-state index in [1.54, 1.807) is 12.3 Å². The van der Waals surface area contributed by atoms with Crippen molar-refractivity contribution < 1.29 is 14.6 Å². The molecule has 0 unspecified atom stereocenters. The summed E-state index contributed by atoms with van der Waals surface area (Å²) in [5.74, 6) is -0.485. The highest BCUT2D eigenvalue weighted by Gasteiger charge is 2.40. The fraction of sp³-hybridized carbons (Fsp3) is 0.353. The number of pyridine rings is 1. The standard InChI is InChI=1S/C17H18ClFN6O2/c18-8-4-9-10(6-22-14(9)21-5-8)15-23-7-11(19)16(25-15)24-12-2-1-3-17(20,27)13(12)26/h4-7,12-13,26-27H,1-3,20H2,(H,21,22)(H,23,24,25)/t12-,13+,17+/m0/s1. The summed E-state index contributed by atoms with van der Waals surface area (Å²) >= 11 is 6.01. The molecule has 0 aromatic carbocycles. The number of hydrogen-bond donors (Lipinski definition) is 5. The van der Waals surface area contributed by atoms with Crippen LogP contribution in [-0.4, -0.2) is 48.0 Å². The molecule has 6 N–H and O–H groups in total. The number of aromatic amines is 1. The third-order valence-corrected chi connectivity index (χ3v) is 5.00. The van der Waals surface area contributed by atoms with Crippen molar-refractivity contribution in [2.75, 3.05) is 5.32 Å². The number of aromatic nitrogens is 4. The Hall–Kier alpha value is -2.33. The van der Waals surface area contributed by atoms with E-state index < -0.39 is 23.7 Å². The maximum atomic E-state index is 14.3. The number of hydrogen-bond acceptors (Lipinski definition) is 7. The summed E-state index contributed by atoms with van der Waals surface area (Å²) in [7, 11) is 0. The lowest BCUT2D eigenvalue weighted by Crippen LogP contribution is -2.60. The van der Waals surface area contributed by atoms with E-state index in [1.807, 2.05) is 0 Å². The zero-order valence-corrected chi connectivity index (χ0v) is 14.9. The number of fused-ring (bicyclic) bond motifs is 1. The summed E-state index contributed by atoms with van der Waals surface area (Å²) in [5, 5.41) is 24.3. The highest BCUT2D eigenvalue weighted by molar-refractivity contribution is 6.31. The Morgan fingerprint density at radius 2 is 2.19 bits per heavy atom. The lowest BCUT2D eigenvalue weighted by molar-refractivity contribution is -0.101. The summed E-state index contributed by atoms with van der Waals surface area (Å²) in [6.45, 7) is 0. The molecule has 0 amide bonds. The lowest BCUT2D eigenvalue weighted by atomic mass is 9.85. The molecule has 3 heterocycles. The van der Waals surface area contributed by atoms with E-state index >= 15 is 0 Å². The fourth-order valence-electron chi connectivity index (χ4n) is 3.35. The molecule has 4 rings (SSSR count). The van der Waals surface area contributed by atoms with Crippen molar-refractivity contribution in [1.82, 2.24) is 19.9 Å². The minimum atomic E-state index is -1.72. The molecule has 1 aliphatic rings. The van der Waals surface area contributed by atoms with Crippen LogP contribution >= 0.6 is 11.6 Å². The maximum absolute atomic E-state index is 14.3. The van der Waals surface area contributed by atoms with Crippen LogP contribution < -0.4 is 11.1 Å². The lowest BCUT2D eigenvalue weighted by Gasteiger charge is -2.39. The molecule has 10 heteroatoms. The van der Waals surface area contributed by atoms with E-state index in [2.05, 4.69) is 25.3 Å². The largest absolute Gasteiger partial charge is 0.387 e. The fourth-order valence-corrected chi connectivity index (χ4v) is 3.50. The van der Waals surface area contributed by atoms with Gasteiger partial charge in [0.25, 0.3) is 0 Å². The molecule has 3 atom stereocenters. The van der Waals surface area contributed by atoms with Gasteiger partial charge in [0.1, 0.15) is 17.5 Å². The van der Waals surface area contributed by atoms with Gasteiger partial charge in [-0.15, -0.1) is 0 Å². The van der Waals surface area contributed by atoms with Crippen LogP contribution in [0.4, 0.5) is 10.2 Å². The van der Waals surface area contributed by atoms with Gasteiger partial charge >= 0.3 is 0 Å². The second kappa shape index (κ2) is 6.68. The van der Waals surface area contributed by atoms with Crippen LogP contribution in [0.25, 0.3) is 22.4 Å². The van der Waals surface area contributed by atoms with Gasteiger partial charge < -0.3 is 26.2 Å². The molecule has 3 aromatic heterocycles.